The lowest BCUT2D eigenvalue weighted by Crippen LogP contribution is -2.35. The monoisotopic (exact) mass is 239 g/mol. The number of likely N-dealkylation sites (tertiary alicyclic amines) is 1. The summed E-state index contributed by atoms with van der Waals surface area (Å²) in [7, 11) is 0. The molecule has 0 unspecified atom stereocenters. The molecule has 1 aliphatic rings. The largest absolute Gasteiger partial charge is 0.481 e. The van der Waals surface area contributed by atoms with Gasteiger partial charge in [-0.3, -0.25) is 9.69 Å². The minimum Gasteiger partial charge on any atom is -0.481 e. The van der Waals surface area contributed by atoms with Gasteiger partial charge < -0.3 is 9.63 Å². The molecule has 0 amide bonds. The third kappa shape index (κ3) is 3.03. The average molecular weight is 239 g/mol. The normalized spacial score (nSPS) is 18.4. The van der Waals surface area contributed by atoms with Crippen LogP contribution in [0.2, 0.25) is 0 Å². The smallest absolute Gasteiger partial charge is 0.306 e. The first-order valence-corrected chi connectivity index (χ1v) is 5.95. The Balaban J connectivity index is 1.83. The van der Waals surface area contributed by atoms with Gasteiger partial charge in [0.1, 0.15) is 0 Å². The zero-order valence-electron chi connectivity index (χ0n) is 9.93. The summed E-state index contributed by atoms with van der Waals surface area (Å²) in [6, 6.07) is 0. The van der Waals surface area contributed by atoms with Gasteiger partial charge in [0, 0.05) is 6.42 Å². The highest BCUT2D eigenvalue weighted by molar-refractivity contribution is 5.70. The van der Waals surface area contributed by atoms with Crippen LogP contribution >= 0.6 is 0 Å². The Bertz CT molecular complexity index is 383. The van der Waals surface area contributed by atoms with E-state index in [1.807, 2.05) is 6.92 Å². The first-order valence-electron chi connectivity index (χ1n) is 5.95. The van der Waals surface area contributed by atoms with Gasteiger partial charge >= 0.3 is 5.97 Å². The fourth-order valence-corrected chi connectivity index (χ4v) is 2.03. The van der Waals surface area contributed by atoms with Crippen LogP contribution in [0.15, 0.2) is 4.52 Å². The maximum absolute atomic E-state index is 10.8. The van der Waals surface area contributed by atoms with Gasteiger partial charge in [0.2, 0.25) is 5.89 Å². The number of rotatable bonds is 4. The van der Waals surface area contributed by atoms with Gasteiger partial charge in [0.15, 0.2) is 5.82 Å². The van der Waals surface area contributed by atoms with Crippen LogP contribution in [-0.2, 0) is 17.8 Å². The van der Waals surface area contributed by atoms with Crippen LogP contribution in [0.5, 0.6) is 0 Å². The van der Waals surface area contributed by atoms with Crippen LogP contribution in [0, 0.1) is 5.92 Å². The fourth-order valence-electron chi connectivity index (χ4n) is 2.03. The van der Waals surface area contributed by atoms with Crippen molar-refractivity contribution in [3.63, 3.8) is 0 Å². The topological polar surface area (TPSA) is 79.5 Å². The van der Waals surface area contributed by atoms with E-state index in [2.05, 4.69) is 15.0 Å². The van der Waals surface area contributed by atoms with Crippen molar-refractivity contribution in [1.82, 2.24) is 15.0 Å². The van der Waals surface area contributed by atoms with E-state index in [1.54, 1.807) is 0 Å². The summed E-state index contributed by atoms with van der Waals surface area (Å²) in [5, 5.41) is 12.7. The number of nitrogens with zero attached hydrogens (tertiary/aromatic N) is 3. The molecule has 1 fully saturated rings. The lowest BCUT2D eigenvalue weighted by atomic mass is 9.97. The van der Waals surface area contributed by atoms with E-state index in [0.29, 0.717) is 25.3 Å². The summed E-state index contributed by atoms with van der Waals surface area (Å²) < 4.78 is 5.11. The molecule has 0 radical (unpaired) electrons. The van der Waals surface area contributed by atoms with E-state index in [0.717, 1.165) is 25.3 Å². The molecule has 1 aliphatic heterocycles. The Morgan fingerprint density at radius 2 is 2.24 bits per heavy atom. The van der Waals surface area contributed by atoms with Gasteiger partial charge in [-0.05, 0) is 25.9 Å². The second kappa shape index (κ2) is 5.27. The Hall–Kier alpha value is -1.43. The molecule has 6 heteroatoms. The lowest BCUT2D eigenvalue weighted by Gasteiger charge is -2.28. The molecule has 17 heavy (non-hydrogen) atoms. The molecule has 6 nitrogen and oxygen atoms in total. The van der Waals surface area contributed by atoms with Crippen molar-refractivity contribution in [2.45, 2.75) is 32.7 Å². The number of aryl methyl sites for hydroxylation is 1. The van der Waals surface area contributed by atoms with E-state index < -0.39 is 5.97 Å². The van der Waals surface area contributed by atoms with Crippen molar-refractivity contribution in [3.05, 3.63) is 11.7 Å². The number of hydrogen-bond donors (Lipinski definition) is 1. The molecule has 0 aliphatic carbocycles. The third-order valence-corrected chi connectivity index (χ3v) is 3.12. The van der Waals surface area contributed by atoms with Crippen LogP contribution in [-0.4, -0.2) is 39.2 Å². The van der Waals surface area contributed by atoms with E-state index in [4.69, 9.17) is 9.63 Å². The van der Waals surface area contributed by atoms with Crippen LogP contribution in [0.3, 0.4) is 0 Å². The van der Waals surface area contributed by atoms with Gasteiger partial charge in [-0.25, -0.2) is 0 Å². The maximum Gasteiger partial charge on any atom is 0.306 e. The van der Waals surface area contributed by atoms with Crippen LogP contribution in [0.25, 0.3) is 0 Å². The highest BCUT2D eigenvalue weighted by Crippen LogP contribution is 2.18. The molecule has 2 heterocycles. The molecular formula is C11H17N3O3. The van der Waals surface area contributed by atoms with Crippen molar-refractivity contribution in [3.8, 4) is 0 Å². The van der Waals surface area contributed by atoms with Crippen molar-refractivity contribution in [1.29, 1.82) is 0 Å². The molecule has 0 aromatic carbocycles. The summed E-state index contributed by atoms with van der Waals surface area (Å²) >= 11 is 0. The van der Waals surface area contributed by atoms with Crippen molar-refractivity contribution < 1.29 is 14.4 Å². The summed E-state index contributed by atoms with van der Waals surface area (Å²) in [6.07, 6.45) is 2.17. The summed E-state index contributed by atoms with van der Waals surface area (Å²) in [5.74, 6) is 0.465. The Morgan fingerprint density at radius 3 is 2.76 bits per heavy atom. The molecule has 94 valence electrons. The molecule has 0 spiro atoms. The Morgan fingerprint density at radius 1 is 1.53 bits per heavy atom. The quantitative estimate of drug-likeness (QED) is 0.842. The molecule has 2 rings (SSSR count). The van der Waals surface area contributed by atoms with Crippen molar-refractivity contribution in [2.75, 3.05) is 13.1 Å². The van der Waals surface area contributed by atoms with E-state index in [9.17, 15) is 4.79 Å². The van der Waals surface area contributed by atoms with Crippen LogP contribution < -0.4 is 0 Å². The highest BCUT2D eigenvalue weighted by Gasteiger charge is 2.25. The summed E-state index contributed by atoms with van der Waals surface area (Å²) in [4.78, 5) is 17.2. The summed E-state index contributed by atoms with van der Waals surface area (Å²) in [6.45, 7) is 4.16. The van der Waals surface area contributed by atoms with E-state index in [-0.39, 0.29) is 5.92 Å². The molecular weight excluding hydrogens is 222 g/mol. The van der Waals surface area contributed by atoms with Crippen molar-refractivity contribution >= 4 is 5.97 Å². The number of carboxylic acids is 1. The zero-order chi connectivity index (χ0) is 12.3. The lowest BCUT2D eigenvalue weighted by molar-refractivity contribution is -0.143. The Kier molecular flexibility index (Phi) is 3.73. The molecule has 0 bridgehead atoms. The fraction of sp³-hybridized carbons (Fsp3) is 0.727. The third-order valence-electron chi connectivity index (χ3n) is 3.12. The molecule has 1 saturated heterocycles. The molecule has 1 aromatic rings. The van der Waals surface area contributed by atoms with E-state index in [1.165, 1.54) is 0 Å². The van der Waals surface area contributed by atoms with E-state index >= 15 is 0 Å². The minimum atomic E-state index is -0.685. The minimum absolute atomic E-state index is 0.194. The Labute approximate surface area is 99.6 Å². The zero-order valence-corrected chi connectivity index (χ0v) is 9.93. The second-order valence-electron chi connectivity index (χ2n) is 4.35. The van der Waals surface area contributed by atoms with Crippen LogP contribution in [0.4, 0.5) is 0 Å². The van der Waals surface area contributed by atoms with Gasteiger partial charge in [-0.2, -0.15) is 4.98 Å². The average Bonchev–Trinajstić information content (AvgIpc) is 2.77. The molecule has 0 saturated carbocycles. The van der Waals surface area contributed by atoms with Crippen molar-refractivity contribution in [2.24, 2.45) is 5.92 Å². The maximum atomic E-state index is 10.8. The molecule has 0 atom stereocenters. The standard InChI is InChI=1S/C11H17N3O3/c1-2-9-12-10(17-13-9)7-14-5-3-8(4-6-14)11(15)16/h8H,2-7H2,1H3,(H,15,16). The summed E-state index contributed by atoms with van der Waals surface area (Å²) in [5.41, 5.74) is 0. The second-order valence-corrected chi connectivity index (χ2v) is 4.35. The van der Waals surface area contributed by atoms with Gasteiger partial charge in [-0.1, -0.05) is 12.1 Å². The number of aliphatic carboxylic acids is 1. The molecule has 1 N–H and O–H groups in total. The highest BCUT2D eigenvalue weighted by atomic mass is 16.5. The predicted octanol–water partition coefficient (Wildman–Crippen LogP) is 0.929. The first kappa shape index (κ1) is 12.0. The number of aromatic nitrogens is 2. The number of hydrogen-bond acceptors (Lipinski definition) is 5. The predicted molar refractivity (Wildman–Crippen MR) is 59.3 cm³/mol. The van der Waals surface area contributed by atoms with Gasteiger partial charge in [-0.15, -0.1) is 0 Å². The van der Waals surface area contributed by atoms with Gasteiger partial charge in [0.05, 0.1) is 12.5 Å². The van der Waals surface area contributed by atoms with Gasteiger partial charge in [0.25, 0.3) is 0 Å². The first-order chi connectivity index (χ1) is 8.19. The number of carbonyl (C=O) groups is 1. The SMILES string of the molecule is CCc1noc(CN2CCC(C(=O)O)CC2)n1. The van der Waals surface area contributed by atoms with Crippen LogP contribution in [0.1, 0.15) is 31.5 Å². The molecule has 1 aromatic heterocycles. The number of carboxylic acid groups (broad SMARTS) is 1. The number of piperidine rings is 1.